The van der Waals surface area contributed by atoms with Gasteiger partial charge in [0.25, 0.3) is 0 Å². The largest absolute Gasteiger partial charge is 0.444 e. The molecule has 0 radical (unpaired) electrons. The molecule has 0 fully saturated rings. The van der Waals surface area contributed by atoms with Crippen LogP contribution >= 0.6 is 22.9 Å². The smallest absolute Gasteiger partial charge is 0.412 e. The second-order valence-corrected chi connectivity index (χ2v) is 6.62. The number of carbonyl (C=O) groups is 1. The second-order valence-electron chi connectivity index (χ2n) is 5.21. The van der Waals surface area contributed by atoms with Crippen molar-refractivity contribution in [2.75, 3.05) is 5.32 Å². The molecule has 0 bridgehead atoms. The van der Waals surface area contributed by atoms with Gasteiger partial charge in [-0.05, 0) is 39.3 Å². The molecule has 1 amide bonds. The van der Waals surface area contributed by atoms with Crippen molar-refractivity contribution in [3.63, 3.8) is 0 Å². The summed E-state index contributed by atoms with van der Waals surface area (Å²) in [5.41, 5.74) is 0.511. The van der Waals surface area contributed by atoms with Crippen LogP contribution in [0.2, 0.25) is 5.15 Å². The zero-order chi connectivity index (χ0) is 14.2. The summed E-state index contributed by atoms with van der Waals surface area (Å²) >= 11 is 7.49. The van der Waals surface area contributed by atoms with Crippen molar-refractivity contribution in [3.8, 4) is 0 Å². The monoisotopic (exact) mass is 298 g/mol. The zero-order valence-corrected chi connectivity index (χ0v) is 12.8. The molecule has 102 valence electrons. The molecule has 0 spiro atoms. The van der Waals surface area contributed by atoms with Crippen molar-refractivity contribution < 1.29 is 9.53 Å². The Kier molecular flexibility index (Phi) is 3.69. The minimum absolute atomic E-state index is 0.439. The molecular weight excluding hydrogens is 284 g/mol. The van der Waals surface area contributed by atoms with Gasteiger partial charge in [-0.3, -0.25) is 5.32 Å². The summed E-state index contributed by atoms with van der Waals surface area (Å²) in [6.45, 7) is 7.42. The highest BCUT2D eigenvalue weighted by Crippen LogP contribution is 2.35. The first kappa shape index (κ1) is 14.1. The van der Waals surface area contributed by atoms with Crippen LogP contribution in [0.15, 0.2) is 12.3 Å². The number of thiophene rings is 1. The van der Waals surface area contributed by atoms with Gasteiger partial charge in [0.2, 0.25) is 0 Å². The Balaban J connectivity index is 2.25. The van der Waals surface area contributed by atoms with E-state index in [2.05, 4.69) is 10.3 Å². The molecule has 1 N–H and O–H groups in total. The second kappa shape index (κ2) is 4.98. The van der Waals surface area contributed by atoms with Crippen molar-refractivity contribution in [1.82, 2.24) is 4.98 Å². The van der Waals surface area contributed by atoms with Crippen LogP contribution < -0.4 is 5.32 Å². The van der Waals surface area contributed by atoms with Crippen LogP contribution in [0.4, 0.5) is 9.80 Å². The summed E-state index contributed by atoms with van der Waals surface area (Å²) in [6.07, 6.45) is 1.25. The summed E-state index contributed by atoms with van der Waals surface area (Å²) in [7, 11) is 0. The van der Waals surface area contributed by atoms with E-state index in [9.17, 15) is 4.79 Å². The molecule has 0 atom stereocenters. The fourth-order valence-corrected chi connectivity index (χ4v) is 2.85. The number of ether oxygens (including phenoxy) is 1. The van der Waals surface area contributed by atoms with E-state index in [4.69, 9.17) is 16.3 Å². The molecule has 0 saturated heterocycles. The van der Waals surface area contributed by atoms with Gasteiger partial charge >= 0.3 is 6.09 Å². The van der Waals surface area contributed by atoms with E-state index >= 15 is 0 Å². The average molecular weight is 299 g/mol. The van der Waals surface area contributed by atoms with Crippen LogP contribution in [0.25, 0.3) is 10.1 Å². The van der Waals surface area contributed by atoms with Gasteiger partial charge in [-0.2, -0.15) is 0 Å². The number of fused-ring (bicyclic) bond motifs is 1. The Morgan fingerprint density at radius 1 is 1.47 bits per heavy atom. The van der Waals surface area contributed by atoms with Gasteiger partial charge in [0.05, 0.1) is 5.00 Å². The molecule has 0 aliphatic rings. The Morgan fingerprint density at radius 2 is 2.16 bits per heavy atom. The summed E-state index contributed by atoms with van der Waals surface area (Å²) in [5, 5.41) is 4.69. The predicted octanol–water partition coefficient (Wildman–Crippen LogP) is 4.61. The maximum atomic E-state index is 11.7. The van der Waals surface area contributed by atoms with Crippen LogP contribution in [0.3, 0.4) is 0 Å². The van der Waals surface area contributed by atoms with Crippen LogP contribution in [-0.4, -0.2) is 16.7 Å². The van der Waals surface area contributed by atoms with E-state index in [-0.39, 0.29) is 0 Å². The quantitative estimate of drug-likeness (QED) is 0.782. The fraction of sp³-hybridized carbons (Fsp3) is 0.385. The Labute approximate surface area is 120 Å². The first-order chi connectivity index (χ1) is 8.76. The summed E-state index contributed by atoms with van der Waals surface area (Å²) in [4.78, 5) is 15.8. The van der Waals surface area contributed by atoms with Gasteiger partial charge in [-0.1, -0.05) is 11.6 Å². The van der Waals surface area contributed by atoms with Gasteiger partial charge < -0.3 is 4.74 Å². The molecule has 2 aromatic rings. The van der Waals surface area contributed by atoms with Crippen LogP contribution in [-0.2, 0) is 4.74 Å². The minimum atomic E-state index is -0.518. The molecule has 6 heteroatoms. The Morgan fingerprint density at radius 3 is 2.74 bits per heavy atom. The van der Waals surface area contributed by atoms with Gasteiger partial charge in [-0.25, -0.2) is 9.78 Å². The molecule has 0 aliphatic carbocycles. The van der Waals surface area contributed by atoms with E-state index < -0.39 is 11.7 Å². The van der Waals surface area contributed by atoms with Crippen LogP contribution in [0.1, 0.15) is 26.3 Å². The number of halogens is 1. The van der Waals surface area contributed by atoms with Crippen molar-refractivity contribution in [1.29, 1.82) is 0 Å². The number of hydrogen-bond donors (Lipinski definition) is 1. The number of nitrogens with one attached hydrogen (secondary N) is 1. The average Bonchev–Trinajstić information content (AvgIpc) is 2.65. The lowest BCUT2D eigenvalue weighted by Crippen LogP contribution is -2.26. The molecule has 2 aromatic heterocycles. The highest BCUT2D eigenvalue weighted by Gasteiger charge is 2.17. The summed E-state index contributed by atoms with van der Waals surface area (Å²) in [6, 6.07) is 1.81. The van der Waals surface area contributed by atoms with Crippen molar-refractivity contribution in [2.24, 2.45) is 0 Å². The molecule has 19 heavy (non-hydrogen) atoms. The van der Waals surface area contributed by atoms with E-state index in [0.29, 0.717) is 10.2 Å². The molecular formula is C13H15ClN2O2S. The van der Waals surface area contributed by atoms with Gasteiger partial charge in [0, 0.05) is 16.3 Å². The highest BCUT2D eigenvalue weighted by atomic mass is 35.5. The topological polar surface area (TPSA) is 51.2 Å². The molecule has 2 rings (SSSR count). The molecule has 4 nitrogen and oxygen atoms in total. The summed E-state index contributed by atoms with van der Waals surface area (Å²) < 4.78 is 6.23. The number of aryl methyl sites for hydroxylation is 1. The zero-order valence-electron chi connectivity index (χ0n) is 11.2. The van der Waals surface area contributed by atoms with E-state index in [0.717, 1.165) is 15.6 Å². The SMILES string of the molecule is Cc1cnc(Cl)c2cc(NC(=O)OC(C)(C)C)sc12. The third-order valence-corrected chi connectivity index (χ3v) is 3.80. The van der Waals surface area contributed by atoms with Gasteiger partial charge in [0.15, 0.2) is 0 Å². The number of amides is 1. The maximum Gasteiger partial charge on any atom is 0.412 e. The van der Waals surface area contributed by atoms with E-state index in [1.165, 1.54) is 11.3 Å². The van der Waals surface area contributed by atoms with E-state index in [1.807, 2.05) is 33.8 Å². The van der Waals surface area contributed by atoms with Crippen LogP contribution in [0.5, 0.6) is 0 Å². The first-order valence-corrected chi connectivity index (χ1v) is 7.00. The number of hydrogen-bond acceptors (Lipinski definition) is 4. The third-order valence-electron chi connectivity index (χ3n) is 2.31. The molecule has 0 unspecified atom stereocenters. The Hall–Kier alpha value is -1.33. The number of aromatic nitrogens is 1. The maximum absolute atomic E-state index is 11.7. The summed E-state index contributed by atoms with van der Waals surface area (Å²) in [5.74, 6) is 0. The van der Waals surface area contributed by atoms with Gasteiger partial charge in [-0.15, -0.1) is 11.3 Å². The lowest BCUT2D eigenvalue weighted by atomic mass is 10.2. The number of carbonyl (C=O) groups excluding carboxylic acids is 1. The van der Waals surface area contributed by atoms with Gasteiger partial charge in [0.1, 0.15) is 10.8 Å². The molecule has 0 aromatic carbocycles. The lowest BCUT2D eigenvalue weighted by molar-refractivity contribution is 0.0636. The Bertz CT molecular complexity index is 592. The number of rotatable bonds is 1. The van der Waals surface area contributed by atoms with Crippen molar-refractivity contribution in [2.45, 2.75) is 33.3 Å². The number of pyridine rings is 1. The lowest BCUT2D eigenvalue weighted by Gasteiger charge is -2.19. The first-order valence-electron chi connectivity index (χ1n) is 5.81. The predicted molar refractivity (Wildman–Crippen MR) is 79.2 cm³/mol. The standard InChI is InChI=1S/C13H15ClN2O2S/c1-7-6-15-11(14)8-5-9(19-10(7)8)16-12(17)18-13(2,3)4/h5-6H,1-4H3,(H,16,17). The third kappa shape index (κ3) is 3.36. The minimum Gasteiger partial charge on any atom is -0.444 e. The highest BCUT2D eigenvalue weighted by molar-refractivity contribution is 7.23. The molecule has 0 aliphatic heterocycles. The number of anilines is 1. The molecule has 2 heterocycles. The van der Waals surface area contributed by atoms with Crippen molar-refractivity contribution >= 4 is 44.1 Å². The fourth-order valence-electron chi connectivity index (χ4n) is 1.58. The van der Waals surface area contributed by atoms with E-state index in [1.54, 1.807) is 6.20 Å². The van der Waals surface area contributed by atoms with Crippen LogP contribution in [0, 0.1) is 6.92 Å². The normalized spacial score (nSPS) is 11.6. The van der Waals surface area contributed by atoms with Crippen molar-refractivity contribution in [3.05, 3.63) is 23.0 Å². The number of nitrogens with zero attached hydrogens (tertiary/aromatic N) is 1. The molecule has 0 saturated carbocycles.